The Hall–Kier alpha value is -2.83. The average molecular weight is 333 g/mol. The number of carbonyl (C=O) groups is 2. The topological polar surface area (TPSA) is 72.4 Å². The number of ether oxygens (including phenoxy) is 1. The van der Waals surface area contributed by atoms with E-state index in [1.807, 2.05) is 13.8 Å². The van der Waals surface area contributed by atoms with Gasteiger partial charge in [0.05, 0.1) is 12.3 Å². The lowest BCUT2D eigenvalue weighted by Crippen LogP contribution is -2.34. The Kier molecular flexibility index (Phi) is 5.57. The Bertz CT molecular complexity index is 740. The van der Waals surface area contributed by atoms with E-state index in [4.69, 9.17) is 4.74 Å². The molecule has 0 radical (unpaired) electrons. The van der Waals surface area contributed by atoms with Gasteiger partial charge in [0.25, 0.3) is 0 Å². The van der Waals surface area contributed by atoms with Crippen LogP contribution in [0.3, 0.4) is 0 Å². The molecule has 0 atom stereocenters. The van der Waals surface area contributed by atoms with Gasteiger partial charge in [-0.2, -0.15) is 0 Å². The summed E-state index contributed by atoms with van der Waals surface area (Å²) in [6, 6.07) is 5.42. The highest BCUT2D eigenvalue weighted by Gasteiger charge is 2.18. The monoisotopic (exact) mass is 333 g/mol. The van der Waals surface area contributed by atoms with Gasteiger partial charge >= 0.3 is 12.0 Å². The van der Waals surface area contributed by atoms with Crippen molar-refractivity contribution in [1.29, 1.82) is 0 Å². The molecule has 0 spiro atoms. The number of aromatic nitrogens is 1. The third-order valence-electron chi connectivity index (χ3n) is 3.10. The summed E-state index contributed by atoms with van der Waals surface area (Å²) in [5.74, 6) is -0.960. The van der Waals surface area contributed by atoms with E-state index >= 15 is 0 Å². The SMILES string of the molecule is CCOC(=O)c1cn(-c2cccc(F)c2)cc1NC(=O)NC(C)C. The van der Waals surface area contributed by atoms with Crippen LogP contribution in [0.15, 0.2) is 36.7 Å². The van der Waals surface area contributed by atoms with Crippen molar-refractivity contribution in [3.63, 3.8) is 0 Å². The second-order valence-electron chi connectivity index (χ2n) is 5.45. The van der Waals surface area contributed by atoms with E-state index in [0.29, 0.717) is 5.69 Å². The van der Waals surface area contributed by atoms with Crippen LogP contribution in [0.5, 0.6) is 0 Å². The number of rotatable bonds is 5. The Balaban J connectivity index is 2.36. The number of amides is 2. The molecule has 2 N–H and O–H groups in total. The second kappa shape index (κ2) is 7.63. The molecule has 0 unspecified atom stereocenters. The maximum Gasteiger partial charge on any atom is 0.341 e. The normalized spacial score (nSPS) is 10.5. The largest absolute Gasteiger partial charge is 0.462 e. The van der Waals surface area contributed by atoms with Crippen LogP contribution in [0.4, 0.5) is 14.9 Å². The molecular weight excluding hydrogens is 313 g/mol. The van der Waals surface area contributed by atoms with Gasteiger partial charge < -0.3 is 19.9 Å². The predicted octanol–water partition coefficient (Wildman–Crippen LogP) is 3.32. The van der Waals surface area contributed by atoms with Gasteiger partial charge in [0.2, 0.25) is 0 Å². The fraction of sp³-hybridized carbons (Fsp3) is 0.294. The number of hydrogen-bond donors (Lipinski definition) is 2. The van der Waals surface area contributed by atoms with Crippen LogP contribution in [-0.4, -0.2) is 29.2 Å². The number of halogens is 1. The molecule has 0 aliphatic rings. The number of esters is 1. The van der Waals surface area contributed by atoms with Gasteiger partial charge in [0, 0.05) is 24.1 Å². The highest BCUT2D eigenvalue weighted by molar-refractivity contribution is 6.01. The van der Waals surface area contributed by atoms with E-state index in [0.717, 1.165) is 0 Å². The fourth-order valence-corrected chi connectivity index (χ4v) is 2.13. The van der Waals surface area contributed by atoms with Crippen molar-refractivity contribution in [2.24, 2.45) is 0 Å². The molecule has 0 saturated carbocycles. The van der Waals surface area contributed by atoms with Gasteiger partial charge in [-0.3, -0.25) is 0 Å². The molecule has 24 heavy (non-hydrogen) atoms. The molecule has 0 aliphatic carbocycles. The first-order valence-corrected chi connectivity index (χ1v) is 7.63. The third kappa shape index (κ3) is 4.34. The fourth-order valence-electron chi connectivity index (χ4n) is 2.13. The smallest absolute Gasteiger partial charge is 0.341 e. The molecule has 0 aliphatic heterocycles. The Labute approximate surface area is 139 Å². The van der Waals surface area contributed by atoms with E-state index in [1.54, 1.807) is 29.8 Å². The summed E-state index contributed by atoms with van der Waals surface area (Å²) in [4.78, 5) is 24.0. The van der Waals surface area contributed by atoms with Crippen LogP contribution < -0.4 is 10.6 Å². The molecule has 0 fully saturated rings. The van der Waals surface area contributed by atoms with Crippen molar-refractivity contribution in [1.82, 2.24) is 9.88 Å². The molecular formula is C17H20FN3O3. The maximum absolute atomic E-state index is 13.4. The van der Waals surface area contributed by atoms with Gasteiger partial charge in [0.1, 0.15) is 11.4 Å². The van der Waals surface area contributed by atoms with Crippen molar-refractivity contribution in [3.8, 4) is 5.69 Å². The first-order chi connectivity index (χ1) is 11.4. The standard InChI is InChI=1S/C17H20FN3O3/c1-4-24-16(22)14-9-21(13-7-5-6-12(18)8-13)10-15(14)20-17(23)19-11(2)3/h5-11H,4H2,1-3H3,(H2,19,20,23). The summed E-state index contributed by atoms with van der Waals surface area (Å²) in [7, 11) is 0. The average Bonchev–Trinajstić information content (AvgIpc) is 2.90. The second-order valence-corrected chi connectivity index (χ2v) is 5.45. The van der Waals surface area contributed by atoms with Crippen molar-refractivity contribution < 1.29 is 18.7 Å². The van der Waals surface area contributed by atoms with Crippen LogP contribution in [0.2, 0.25) is 0 Å². The van der Waals surface area contributed by atoms with Crippen molar-refractivity contribution in [2.45, 2.75) is 26.8 Å². The summed E-state index contributed by atoms with van der Waals surface area (Å²) in [5, 5.41) is 5.30. The number of nitrogens with one attached hydrogen (secondary N) is 2. The molecule has 2 aromatic rings. The molecule has 0 saturated heterocycles. The number of carbonyl (C=O) groups excluding carboxylic acids is 2. The van der Waals surface area contributed by atoms with Gasteiger partial charge in [-0.1, -0.05) is 6.07 Å². The van der Waals surface area contributed by atoms with Gasteiger partial charge in [-0.05, 0) is 39.0 Å². The molecule has 2 rings (SSSR count). The summed E-state index contributed by atoms with van der Waals surface area (Å²) in [6.45, 7) is 5.55. The van der Waals surface area contributed by atoms with Crippen LogP contribution >= 0.6 is 0 Å². The first kappa shape index (κ1) is 17.5. The van der Waals surface area contributed by atoms with Crippen molar-refractivity contribution >= 4 is 17.7 Å². The quantitative estimate of drug-likeness (QED) is 0.825. The van der Waals surface area contributed by atoms with Crippen molar-refractivity contribution in [3.05, 3.63) is 48.0 Å². The third-order valence-corrected chi connectivity index (χ3v) is 3.10. The first-order valence-electron chi connectivity index (χ1n) is 7.63. The van der Waals surface area contributed by atoms with Crippen LogP contribution in [0.1, 0.15) is 31.1 Å². The minimum atomic E-state index is -0.563. The van der Waals surface area contributed by atoms with Crippen LogP contribution in [0, 0.1) is 5.82 Å². The number of urea groups is 1. The molecule has 7 heteroatoms. The zero-order valence-corrected chi connectivity index (χ0v) is 13.8. The lowest BCUT2D eigenvalue weighted by Gasteiger charge is -2.10. The molecule has 0 bridgehead atoms. The lowest BCUT2D eigenvalue weighted by atomic mass is 10.3. The molecule has 1 aromatic carbocycles. The number of benzene rings is 1. The number of nitrogens with zero attached hydrogens (tertiary/aromatic N) is 1. The highest BCUT2D eigenvalue weighted by Crippen LogP contribution is 2.22. The van der Waals surface area contributed by atoms with Gasteiger partial charge in [-0.25, -0.2) is 14.0 Å². The summed E-state index contributed by atoms with van der Waals surface area (Å²) in [5.41, 5.74) is 1.01. The number of anilines is 1. The highest BCUT2D eigenvalue weighted by atomic mass is 19.1. The zero-order valence-electron chi connectivity index (χ0n) is 13.8. The van der Waals surface area contributed by atoms with E-state index in [9.17, 15) is 14.0 Å². The summed E-state index contributed by atoms with van der Waals surface area (Å²) in [6.07, 6.45) is 3.04. The summed E-state index contributed by atoms with van der Waals surface area (Å²) >= 11 is 0. The Morgan fingerprint density at radius 3 is 2.67 bits per heavy atom. The minimum absolute atomic E-state index is 0.0543. The number of hydrogen-bond acceptors (Lipinski definition) is 3. The Morgan fingerprint density at radius 2 is 2.04 bits per heavy atom. The van der Waals surface area contributed by atoms with Crippen LogP contribution in [0.25, 0.3) is 5.69 Å². The summed E-state index contributed by atoms with van der Waals surface area (Å²) < 4.78 is 20.0. The lowest BCUT2D eigenvalue weighted by molar-refractivity contribution is 0.0527. The van der Waals surface area contributed by atoms with E-state index in [2.05, 4.69) is 10.6 Å². The van der Waals surface area contributed by atoms with E-state index in [-0.39, 0.29) is 23.9 Å². The molecule has 1 aromatic heterocycles. The minimum Gasteiger partial charge on any atom is -0.462 e. The molecule has 2 amide bonds. The van der Waals surface area contributed by atoms with E-state index < -0.39 is 17.8 Å². The van der Waals surface area contributed by atoms with Gasteiger partial charge in [-0.15, -0.1) is 0 Å². The molecule has 6 nitrogen and oxygen atoms in total. The Morgan fingerprint density at radius 1 is 1.29 bits per heavy atom. The predicted molar refractivity (Wildman–Crippen MR) is 89.0 cm³/mol. The maximum atomic E-state index is 13.4. The zero-order chi connectivity index (χ0) is 17.7. The van der Waals surface area contributed by atoms with Crippen LogP contribution in [-0.2, 0) is 4.74 Å². The molecule has 1 heterocycles. The van der Waals surface area contributed by atoms with E-state index in [1.165, 1.54) is 18.3 Å². The van der Waals surface area contributed by atoms with Gasteiger partial charge in [0.15, 0.2) is 0 Å². The van der Waals surface area contributed by atoms with Crippen molar-refractivity contribution in [2.75, 3.05) is 11.9 Å². The molecule has 128 valence electrons.